The molecule has 6 unspecified atom stereocenters. The summed E-state index contributed by atoms with van der Waals surface area (Å²) < 4.78 is 20.2. The highest BCUT2D eigenvalue weighted by atomic mass is 16.6. The van der Waals surface area contributed by atoms with Gasteiger partial charge in [-0.1, -0.05) is 12.2 Å². The molecule has 3 aliphatic carbocycles. The minimum Gasteiger partial charge on any atom is -0.463 e. The zero-order valence-electron chi connectivity index (χ0n) is 20.8. The Morgan fingerprint density at radius 3 is 1.34 bits per heavy atom. The van der Waals surface area contributed by atoms with Gasteiger partial charge in [0.25, 0.3) is 0 Å². The Morgan fingerprint density at radius 1 is 0.684 bits per heavy atom. The molecular formula is C26H30N2O10. The fourth-order valence-electron chi connectivity index (χ4n) is 6.40. The molecular weight excluding hydrogens is 500 g/mol. The standard InChI is InChI=1S/C26H30N2O10/c29-17(37-11-13-9-35-13)3-1-7-27-23(31)19-15-5-6-16(20(19)24(27)32)22-21(15)25(33)28(26(22)34)8-2-4-18(30)38-12-14-10-36-14/h5-6,13-16,19-22H,1-4,7-12H2. The van der Waals surface area contributed by atoms with E-state index in [1.807, 2.05) is 12.2 Å². The first-order chi connectivity index (χ1) is 18.3. The number of imide groups is 2. The van der Waals surface area contributed by atoms with Gasteiger partial charge in [-0.25, -0.2) is 0 Å². The van der Waals surface area contributed by atoms with E-state index >= 15 is 0 Å². The minimum absolute atomic E-state index is 0.0309. The largest absolute Gasteiger partial charge is 0.463 e. The lowest BCUT2D eigenvalue weighted by molar-refractivity contribution is -0.146. The van der Waals surface area contributed by atoms with Crippen LogP contribution in [0.25, 0.3) is 0 Å². The number of rotatable bonds is 12. The van der Waals surface area contributed by atoms with Gasteiger partial charge in [-0.15, -0.1) is 0 Å². The van der Waals surface area contributed by atoms with Gasteiger partial charge in [0.15, 0.2) is 0 Å². The van der Waals surface area contributed by atoms with Crippen molar-refractivity contribution < 1.29 is 47.7 Å². The van der Waals surface area contributed by atoms with Crippen LogP contribution in [0.15, 0.2) is 12.2 Å². The molecule has 4 aliphatic heterocycles. The van der Waals surface area contributed by atoms with Crippen LogP contribution < -0.4 is 0 Å². The summed E-state index contributed by atoms with van der Waals surface area (Å²) in [5, 5.41) is 0. The number of likely N-dealkylation sites (tertiary alicyclic amines) is 2. The maximum atomic E-state index is 13.3. The van der Waals surface area contributed by atoms with E-state index in [-0.39, 0.29) is 87.8 Å². The number of allylic oxidation sites excluding steroid dienone is 2. The first-order valence-corrected chi connectivity index (χ1v) is 13.3. The van der Waals surface area contributed by atoms with Crippen LogP contribution in [0, 0.1) is 35.5 Å². The molecule has 2 bridgehead atoms. The van der Waals surface area contributed by atoms with Gasteiger partial charge in [0.2, 0.25) is 23.6 Å². The molecule has 1 saturated carbocycles. The van der Waals surface area contributed by atoms with Crippen molar-refractivity contribution in [2.24, 2.45) is 35.5 Å². The number of epoxide rings is 2. The fourth-order valence-corrected chi connectivity index (χ4v) is 6.40. The van der Waals surface area contributed by atoms with Crippen LogP contribution in [0.3, 0.4) is 0 Å². The van der Waals surface area contributed by atoms with Gasteiger partial charge in [0.1, 0.15) is 25.4 Å². The van der Waals surface area contributed by atoms with Crippen molar-refractivity contribution in [3.05, 3.63) is 12.2 Å². The molecule has 6 atom stereocenters. The summed E-state index contributed by atoms with van der Waals surface area (Å²) in [6, 6.07) is 0. The lowest BCUT2D eigenvalue weighted by Crippen LogP contribution is -2.50. The van der Waals surface area contributed by atoms with Crippen molar-refractivity contribution in [1.29, 1.82) is 0 Å². The van der Waals surface area contributed by atoms with Crippen LogP contribution in [-0.4, -0.2) is 97.1 Å². The third-order valence-electron chi connectivity index (χ3n) is 8.38. The molecule has 4 amide bonds. The highest BCUT2D eigenvalue weighted by Gasteiger charge is 2.68. The van der Waals surface area contributed by atoms with Gasteiger partial charge in [-0.05, 0) is 12.8 Å². The smallest absolute Gasteiger partial charge is 0.305 e. The van der Waals surface area contributed by atoms with Gasteiger partial charge in [-0.2, -0.15) is 0 Å². The molecule has 0 N–H and O–H groups in total. The number of carbonyl (C=O) groups is 6. The van der Waals surface area contributed by atoms with Gasteiger partial charge in [0.05, 0.1) is 36.9 Å². The number of carbonyl (C=O) groups excluding carboxylic acids is 6. The van der Waals surface area contributed by atoms with E-state index in [0.29, 0.717) is 13.2 Å². The summed E-state index contributed by atoms with van der Waals surface area (Å²) in [6.45, 7) is 1.76. The Kier molecular flexibility index (Phi) is 6.55. The van der Waals surface area contributed by atoms with Gasteiger partial charge < -0.3 is 18.9 Å². The Bertz CT molecular complexity index is 968. The second kappa shape index (κ2) is 9.88. The molecule has 5 fully saturated rings. The quantitative estimate of drug-likeness (QED) is 0.139. The van der Waals surface area contributed by atoms with Crippen molar-refractivity contribution in [3.8, 4) is 0 Å². The summed E-state index contributed by atoms with van der Waals surface area (Å²) in [7, 11) is 0. The predicted octanol–water partition coefficient (Wildman–Crippen LogP) is -0.551. The first kappa shape index (κ1) is 25.2. The second-order valence-electron chi connectivity index (χ2n) is 10.8. The molecule has 7 rings (SSSR count). The number of hydrogen-bond donors (Lipinski definition) is 0. The predicted molar refractivity (Wildman–Crippen MR) is 123 cm³/mol. The molecule has 4 heterocycles. The molecule has 0 radical (unpaired) electrons. The number of amides is 4. The molecule has 12 heteroatoms. The molecule has 0 aromatic rings. The lowest BCUT2D eigenvalue weighted by atomic mass is 9.54. The summed E-state index contributed by atoms with van der Waals surface area (Å²) in [5.41, 5.74) is 0. The average Bonchev–Trinajstić information content (AvgIpc) is 3.84. The van der Waals surface area contributed by atoms with E-state index in [1.54, 1.807) is 0 Å². The summed E-state index contributed by atoms with van der Waals surface area (Å²) >= 11 is 0. The van der Waals surface area contributed by atoms with Crippen LogP contribution in [0.1, 0.15) is 25.7 Å². The molecule has 12 nitrogen and oxygen atoms in total. The summed E-state index contributed by atoms with van der Waals surface area (Å²) in [5.74, 6) is -6.03. The van der Waals surface area contributed by atoms with Crippen molar-refractivity contribution >= 4 is 35.6 Å². The number of ether oxygens (including phenoxy) is 4. The number of esters is 2. The molecule has 0 aromatic carbocycles. The van der Waals surface area contributed by atoms with E-state index in [4.69, 9.17) is 18.9 Å². The maximum absolute atomic E-state index is 13.3. The first-order valence-electron chi connectivity index (χ1n) is 13.3. The van der Waals surface area contributed by atoms with Gasteiger partial charge >= 0.3 is 11.9 Å². The topological polar surface area (TPSA) is 152 Å². The van der Waals surface area contributed by atoms with Crippen LogP contribution in [0.5, 0.6) is 0 Å². The highest BCUT2D eigenvalue weighted by Crippen LogP contribution is 2.57. The van der Waals surface area contributed by atoms with E-state index in [0.717, 1.165) is 0 Å². The van der Waals surface area contributed by atoms with Crippen molar-refractivity contribution in [3.63, 3.8) is 0 Å². The van der Waals surface area contributed by atoms with Crippen LogP contribution >= 0.6 is 0 Å². The number of hydrogen-bond acceptors (Lipinski definition) is 10. The Labute approximate surface area is 218 Å². The Hall–Kier alpha value is -3.12. The van der Waals surface area contributed by atoms with E-state index in [9.17, 15) is 28.8 Å². The van der Waals surface area contributed by atoms with E-state index in [2.05, 4.69) is 0 Å². The van der Waals surface area contributed by atoms with Crippen LogP contribution in [0.2, 0.25) is 0 Å². The summed E-state index contributed by atoms with van der Waals surface area (Å²) in [4.78, 5) is 79.5. The molecule has 38 heavy (non-hydrogen) atoms. The molecule has 4 saturated heterocycles. The third kappa shape index (κ3) is 4.53. The SMILES string of the molecule is O=C(CCCN1C(=O)C2C3C=CC(C2C1=O)C1C(=O)N(CCCC(=O)OCC2CO2)C(=O)C31)OCC1CO1. The third-order valence-corrected chi connectivity index (χ3v) is 8.38. The zero-order valence-corrected chi connectivity index (χ0v) is 20.8. The van der Waals surface area contributed by atoms with Crippen molar-refractivity contribution in [1.82, 2.24) is 9.80 Å². The molecule has 7 aliphatic rings. The van der Waals surface area contributed by atoms with Crippen LogP contribution in [-0.2, 0) is 47.7 Å². The van der Waals surface area contributed by atoms with E-state index in [1.165, 1.54) is 9.80 Å². The lowest BCUT2D eigenvalue weighted by Gasteiger charge is -2.44. The maximum Gasteiger partial charge on any atom is 0.305 e. The average molecular weight is 531 g/mol. The Morgan fingerprint density at radius 2 is 1.03 bits per heavy atom. The van der Waals surface area contributed by atoms with Gasteiger partial charge in [0, 0.05) is 37.8 Å². The monoisotopic (exact) mass is 530 g/mol. The summed E-state index contributed by atoms with van der Waals surface area (Å²) in [6.07, 6.45) is 4.26. The molecule has 0 aromatic heterocycles. The zero-order chi connectivity index (χ0) is 26.6. The van der Waals surface area contributed by atoms with Crippen molar-refractivity contribution in [2.75, 3.05) is 39.5 Å². The second-order valence-corrected chi connectivity index (χ2v) is 10.8. The molecule has 0 spiro atoms. The Balaban J connectivity index is 1.05. The number of nitrogens with zero attached hydrogens (tertiary/aromatic N) is 2. The molecule has 204 valence electrons. The minimum atomic E-state index is -0.686. The highest BCUT2D eigenvalue weighted by molar-refractivity contribution is 6.10. The van der Waals surface area contributed by atoms with Crippen LogP contribution in [0.4, 0.5) is 0 Å². The van der Waals surface area contributed by atoms with Crippen molar-refractivity contribution in [2.45, 2.75) is 37.9 Å². The van der Waals surface area contributed by atoms with Gasteiger partial charge in [-0.3, -0.25) is 38.6 Å². The van der Waals surface area contributed by atoms with E-state index < -0.39 is 47.4 Å². The normalized spacial score (nSPS) is 36.0. The fraction of sp³-hybridized carbons (Fsp3) is 0.692.